The number of nitrogens with two attached hydrogens (primary N) is 1. The molecule has 1 nitrogen and oxygen atoms in total. The third-order valence-electron chi connectivity index (χ3n) is 2.59. The largest absolute Gasteiger partial charge is 0.324 e. The normalized spacial score (nSPS) is 32.4. The zero-order valence-electron chi connectivity index (χ0n) is 7.80. The second kappa shape index (κ2) is 2.98. The predicted octanol–water partition coefficient (Wildman–Crippen LogP) is 2.33. The van der Waals surface area contributed by atoms with Crippen molar-refractivity contribution in [3.63, 3.8) is 0 Å². The minimum atomic E-state index is 0.299. The van der Waals surface area contributed by atoms with E-state index in [1.807, 2.05) is 0 Å². The van der Waals surface area contributed by atoms with Crippen molar-refractivity contribution >= 4 is 0 Å². The molecule has 0 aliphatic heterocycles. The van der Waals surface area contributed by atoms with Crippen LogP contribution < -0.4 is 5.73 Å². The summed E-state index contributed by atoms with van der Waals surface area (Å²) in [5.41, 5.74) is 6.25. The van der Waals surface area contributed by atoms with Crippen LogP contribution in [0.5, 0.6) is 0 Å². The lowest BCUT2D eigenvalue weighted by Gasteiger charge is -2.33. The molecule has 0 amide bonds. The summed E-state index contributed by atoms with van der Waals surface area (Å²) in [6, 6.07) is 0.299. The standard InChI is InChI=1S/C10H19N/c1-10(2,3)8-5-4-6-9(11)7-8/h4,6,8-9H,5,7,11H2,1-3H3. The van der Waals surface area contributed by atoms with E-state index in [0.717, 1.165) is 12.3 Å². The lowest BCUT2D eigenvalue weighted by Crippen LogP contribution is -2.31. The third-order valence-corrected chi connectivity index (χ3v) is 2.59. The van der Waals surface area contributed by atoms with Gasteiger partial charge in [-0.1, -0.05) is 32.9 Å². The fourth-order valence-corrected chi connectivity index (χ4v) is 1.63. The highest BCUT2D eigenvalue weighted by Gasteiger charge is 2.26. The lowest BCUT2D eigenvalue weighted by atomic mass is 9.73. The van der Waals surface area contributed by atoms with E-state index in [1.165, 1.54) is 6.42 Å². The summed E-state index contributed by atoms with van der Waals surface area (Å²) in [6.07, 6.45) is 6.71. The summed E-state index contributed by atoms with van der Waals surface area (Å²) >= 11 is 0. The van der Waals surface area contributed by atoms with Crippen LogP contribution in [0.2, 0.25) is 0 Å². The van der Waals surface area contributed by atoms with Crippen LogP contribution in [0.1, 0.15) is 33.6 Å². The van der Waals surface area contributed by atoms with E-state index in [0.29, 0.717) is 11.5 Å². The van der Waals surface area contributed by atoms with Crippen molar-refractivity contribution in [3.8, 4) is 0 Å². The van der Waals surface area contributed by atoms with Crippen LogP contribution in [0.4, 0.5) is 0 Å². The van der Waals surface area contributed by atoms with Gasteiger partial charge in [-0.05, 0) is 24.2 Å². The summed E-state index contributed by atoms with van der Waals surface area (Å²) in [7, 11) is 0. The van der Waals surface area contributed by atoms with Crippen molar-refractivity contribution < 1.29 is 0 Å². The number of rotatable bonds is 0. The van der Waals surface area contributed by atoms with Gasteiger partial charge in [0.1, 0.15) is 0 Å². The van der Waals surface area contributed by atoms with Gasteiger partial charge in [-0.25, -0.2) is 0 Å². The molecule has 2 N–H and O–H groups in total. The lowest BCUT2D eigenvalue weighted by molar-refractivity contribution is 0.215. The molecule has 0 heterocycles. The van der Waals surface area contributed by atoms with Gasteiger partial charge in [0, 0.05) is 6.04 Å². The Hall–Kier alpha value is -0.300. The molecule has 0 spiro atoms. The predicted molar refractivity (Wildman–Crippen MR) is 49.3 cm³/mol. The molecule has 0 bridgehead atoms. The Morgan fingerprint density at radius 3 is 2.36 bits per heavy atom. The van der Waals surface area contributed by atoms with E-state index in [-0.39, 0.29) is 0 Å². The number of allylic oxidation sites excluding steroid dienone is 1. The molecule has 1 rings (SSSR count). The molecule has 1 aliphatic carbocycles. The Labute approximate surface area is 69.7 Å². The second-order valence-corrected chi connectivity index (χ2v) is 4.63. The molecule has 1 aliphatic rings. The Kier molecular flexibility index (Phi) is 2.38. The zero-order valence-corrected chi connectivity index (χ0v) is 7.80. The maximum Gasteiger partial charge on any atom is 0.0226 e. The minimum absolute atomic E-state index is 0.299. The molecule has 11 heavy (non-hydrogen) atoms. The molecule has 2 atom stereocenters. The van der Waals surface area contributed by atoms with Crippen molar-refractivity contribution in [3.05, 3.63) is 12.2 Å². The summed E-state index contributed by atoms with van der Waals surface area (Å²) in [4.78, 5) is 0. The second-order valence-electron chi connectivity index (χ2n) is 4.63. The fourth-order valence-electron chi connectivity index (χ4n) is 1.63. The molecular formula is C10H19N. The molecule has 0 aromatic rings. The maximum absolute atomic E-state index is 5.84. The molecule has 0 aromatic heterocycles. The summed E-state index contributed by atoms with van der Waals surface area (Å²) in [5, 5.41) is 0. The smallest absolute Gasteiger partial charge is 0.0226 e. The Morgan fingerprint density at radius 1 is 1.36 bits per heavy atom. The van der Waals surface area contributed by atoms with Crippen molar-refractivity contribution in [1.29, 1.82) is 0 Å². The van der Waals surface area contributed by atoms with E-state index in [4.69, 9.17) is 5.73 Å². The van der Waals surface area contributed by atoms with E-state index in [2.05, 4.69) is 32.9 Å². The van der Waals surface area contributed by atoms with Crippen molar-refractivity contribution in [1.82, 2.24) is 0 Å². The molecule has 0 saturated heterocycles. The van der Waals surface area contributed by atoms with Crippen molar-refractivity contribution in [2.45, 2.75) is 39.7 Å². The summed E-state index contributed by atoms with van der Waals surface area (Å²) in [5.74, 6) is 0.766. The van der Waals surface area contributed by atoms with Gasteiger partial charge < -0.3 is 5.73 Å². The fraction of sp³-hybridized carbons (Fsp3) is 0.800. The topological polar surface area (TPSA) is 26.0 Å². The molecule has 1 heteroatoms. The van der Waals surface area contributed by atoms with Gasteiger partial charge in [0.15, 0.2) is 0 Å². The molecule has 64 valence electrons. The zero-order chi connectivity index (χ0) is 8.48. The van der Waals surface area contributed by atoms with E-state index in [9.17, 15) is 0 Å². The van der Waals surface area contributed by atoms with Gasteiger partial charge in [-0.15, -0.1) is 0 Å². The molecule has 0 saturated carbocycles. The van der Waals surface area contributed by atoms with Crippen LogP contribution in [0.15, 0.2) is 12.2 Å². The van der Waals surface area contributed by atoms with Crippen LogP contribution in [0.3, 0.4) is 0 Å². The Balaban J connectivity index is 2.57. The first kappa shape index (κ1) is 8.79. The molecule has 0 radical (unpaired) electrons. The summed E-state index contributed by atoms with van der Waals surface area (Å²) < 4.78 is 0. The first-order valence-corrected chi connectivity index (χ1v) is 4.42. The molecule has 0 fully saturated rings. The summed E-state index contributed by atoms with van der Waals surface area (Å²) in [6.45, 7) is 6.89. The van der Waals surface area contributed by atoms with Gasteiger partial charge in [-0.2, -0.15) is 0 Å². The highest BCUT2D eigenvalue weighted by Crippen LogP contribution is 2.34. The van der Waals surface area contributed by atoms with Crippen LogP contribution in [0, 0.1) is 11.3 Å². The molecule has 2 unspecified atom stereocenters. The van der Waals surface area contributed by atoms with Crippen LogP contribution >= 0.6 is 0 Å². The van der Waals surface area contributed by atoms with Crippen molar-refractivity contribution in [2.75, 3.05) is 0 Å². The SMILES string of the molecule is CC(C)(C)C1CC=CC(N)C1. The van der Waals surface area contributed by atoms with Gasteiger partial charge in [0.2, 0.25) is 0 Å². The molecular weight excluding hydrogens is 134 g/mol. The first-order chi connectivity index (χ1) is 5.00. The number of hydrogen-bond acceptors (Lipinski definition) is 1. The van der Waals surface area contributed by atoms with Gasteiger partial charge in [0.25, 0.3) is 0 Å². The minimum Gasteiger partial charge on any atom is -0.324 e. The Bertz CT molecular complexity index is 153. The van der Waals surface area contributed by atoms with E-state index < -0.39 is 0 Å². The highest BCUT2D eigenvalue weighted by molar-refractivity contribution is 5.00. The van der Waals surface area contributed by atoms with Gasteiger partial charge >= 0.3 is 0 Å². The maximum atomic E-state index is 5.84. The van der Waals surface area contributed by atoms with Crippen LogP contribution in [-0.4, -0.2) is 6.04 Å². The monoisotopic (exact) mass is 153 g/mol. The third kappa shape index (κ3) is 2.33. The highest BCUT2D eigenvalue weighted by atomic mass is 14.6. The van der Waals surface area contributed by atoms with Crippen LogP contribution in [-0.2, 0) is 0 Å². The van der Waals surface area contributed by atoms with Gasteiger partial charge in [-0.3, -0.25) is 0 Å². The van der Waals surface area contributed by atoms with Gasteiger partial charge in [0.05, 0.1) is 0 Å². The van der Waals surface area contributed by atoms with Crippen molar-refractivity contribution in [2.24, 2.45) is 17.1 Å². The average Bonchev–Trinajstić information content (AvgIpc) is 1.86. The Morgan fingerprint density at radius 2 is 2.00 bits per heavy atom. The quantitative estimate of drug-likeness (QED) is 0.531. The first-order valence-electron chi connectivity index (χ1n) is 4.42. The van der Waals surface area contributed by atoms with Crippen LogP contribution in [0.25, 0.3) is 0 Å². The molecule has 0 aromatic carbocycles. The average molecular weight is 153 g/mol. The number of hydrogen-bond donors (Lipinski definition) is 1. The van der Waals surface area contributed by atoms with E-state index in [1.54, 1.807) is 0 Å². The van der Waals surface area contributed by atoms with E-state index >= 15 is 0 Å².